The summed E-state index contributed by atoms with van der Waals surface area (Å²) in [4.78, 5) is 0. The van der Waals surface area contributed by atoms with Gasteiger partial charge in [0.25, 0.3) is 0 Å². The van der Waals surface area contributed by atoms with E-state index in [4.69, 9.17) is 0 Å². The molecule has 0 aromatic heterocycles. The van der Waals surface area contributed by atoms with Gasteiger partial charge in [-0.15, -0.1) is 0 Å². The highest BCUT2D eigenvalue weighted by Crippen LogP contribution is 2.06. The third-order valence-corrected chi connectivity index (χ3v) is 2.48. The van der Waals surface area contributed by atoms with Gasteiger partial charge in [0.15, 0.2) is 0 Å². The number of aryl methyl sites for hydroxylation is 1. The lowest BCUT2D eigenvalue weighted by atomic mass is 10.1. The van der Waals surface area contributed by atoms with E-state index in [-0.39, 0.29) is 6.10 Å². The summed E-state index contributed by atoms with van der Waals surface area (Å²) in [6.45, 7) is 3.69. The monoisotopic (exact) mass is 207 g/mol. The Morgan fingerprint density at radius 3 is 2.67 bits per heavy atom. The Hall–Kier alpha value is -0.860. The van der Waals surface area contributed by atoms with Crippen LogP contribution < -0.4 is 5.32 Å². The number of likely N-dealkylation sites (N-methyl/N-ethyl adjacent to an activating group) is 1. The lowest BCUT2D eigenvalue weighted by Crippen LogP contribution is -2.26. The summed E-state index contributed by atoms with van der Waals surface area (Å²) < 4.78 is 0. The largest absolute Gasteiger partial charge is 0.392 e. The van der Waals surface area contributed by atoms with Crippen molar-refractivity contribution in [3.8, 4) is 0 Å². The predicted octanol–water partition coefficient (Wildman–Crippen LogP) is 1.98. The molecule has 0 aliphatic rings. The van der Waals surface area contributed by atoms with Crippen LogP contribution in [-0.2, 0) is 6.42 Å². The molecular weight excluding hydrogens is 186 g/mol. The highest BCUT2D eigenvalue weighted by atomic mass is 16.3. The van der Waals surface area contributed by atoms with Crippen molar-refractivity contribution >= 4 is 0 Å². The fourth-order valence-corrected chi connectivity index (χ4v) is 1.60. The zero-order valence-electron chi connectivity index (χ0n) is 9.45. The Labute approximate surface area is 92.3 Å². The Balaban J connectivity index is 2.11. The van der Waals surface area contributed by atoms with E-state index in [1.54, 1.807) is 0 Å². The van der Waals surface area contributed by atoms with Crippen LogP contribution in [0.25, 0.3) is 0 Å². The summed E-state index contributed by atoms with van der Waals surface area (Å²) in [6, 6.07) is 10.4. The van der Waals surface area contributed by atoms with Gasteiger partial charge in [0.2, 0.25) is 0 Å². The molecule has 0 aliphatic carbocycles. The second-order valence-electron chi connectivity index (χ2n) is 3.84. The second kappa shape index (κ2) is 7.43. The molecule has 1 unspecified atom stereocenters. The van der Waals surface area contributed by atoms with Crippen LogP contribution in [0.1, 0.15) is 25.3 Å². The average molecular weight is 207 g/mol. The Morgan fingerprint density at radius 1 is 1.27 bits per heavy atom. The first kappa shape index (κ1) is 12.2. The molecule has 0 saturated heterocycles. The number of nitrogens with one attached hydrogen (secondary N) is 1. The molecule has 0 bridgehead atoms. The zero-order valence-corrected chi connectivity index (χ0v) is 9.45. The van der Waals surface area contributed by atoms with Crippen molar-refractivity contribution in [2.24, 2.45) is 0 Å². The first-order valence-corrected chi connectivity index (χ1v) is 5.75. The zero-order chi connectivity index (χ0) is 10.9. The van der Waals surface area contributed by atoms with Gasteiger partial charge in [-0.2, -0.15) is 0 Å². The molecule has 2 heteroatoms. The maximum Gasteiger partial charge on any atom is 0.0664 e. The molecule has 0 radical (unpaired) electrons. The molecular formula is C13H21NO. The summed E-state index contributed by atoms with van der Waals surface area (Å²) in [5, 5.41) is 12.7. The maximum absolute atomic E-state index is 9.60. The molecule has 1 aromatic rings. The second-order valence-corrected chi connectivity index (χ2v) is 3.84. The number of benzene rings is 1. The third-order valence-electron chi connectivity index (χ3n) is 2.48. The number of aliphatic hydroxyl groups excluding tert-OH is 1. The van der Waals surface area contributed by atoms with Crippen molar-refractivity contribution in [3.05, 3.63) is 35.9 Å². The smallest absolute Gasteiger partial charge is 0.0664 e. The highest BCUT2D eigenvalue weighted by molar-refractivity contribution is 5.14. The van der Waals surface area contributed by atoms with Crippen molar-refractivity contribution in [1.29, 1.82) is 0 Å². The maximum atomic E-state index is 9.60. The van der Waals surface area contributed by atoms with Crippen LogP contribution in [-0.4, -0.2) is 24.3 Å². The Kier molecular flexibility index (Phi) is 6.05. The molecule has 0 fully saturated rings. The van der Waals surface area contributed by atoms with E-state index in [1.807, 2.05) is 6.07 Å². The van der Waals surface area contributed by atoms with Crippen molar-refractivity contribution in [3.63, 3.8) is 0 Å². The summed E-state index contributed by atoms with van der Waals surface area (Å²) in [6.07, 6.45) is 2.79. The molecule has 0 spiro atoms. The van der Waals surface area contributed by atoms with Crippen molar-refractivity contribution in [2.75, 3.05) is 13.1 Å². The van der Waals surface area contributed by atoms with E-state index in [9.17, 15) is 5.11 Å². The van der Waals surface area contributed by atoms with Crippen LogP contribution in [0.5, 0.6) is 0 Å². The SMILES string of the molecule is CCNCC(O)CCCc1ccccc1. The highest BCUT2D eigenvalue weighted by Gasteiger charge is 2.02. The van der Waals surface area contributed by atoms with Gasteiger partial charge in [-0.3, -0.25) is 0 Å². The van der Waals surface area contributed by atoms with Gasteiger partial charge in [-0.1, -0.05) is 37.3 Å². The van der Waals surface area contributed by atoms with Crippen LogP contribution >= 0.6 is 0 Å². The topological polar surface area (TPSA) is 32.3 Å². The molecule has 1 aromatic carbocycles. The van der Waals surface area contributed by atoms with Crippen molar-refractivity contribution < 1.29 is 5.11 Å². The number of hydrogen-bond acceptors (Lipinski definition) is 2. The molecule has 0 saturated carbocycles. The first-order chi connectivity index (χ1) is 7.33. The summed E-state index contributed by atoms with van der Waals surface area (Å²) in [5.41, 5.74) is 1.35. The molecule has 2 N–H and O–H groups in total. The fourth-order valence-electron chi connectivity index (χ4n) is 1.60. The quantitative estimate of drug-likeness (QED) is 0.716. The summed E-state index contributed by atoms with van der Waals surface area (Å²) in [7, 11) is 0. The lowest BCUT2D eigenvalue weighted by molar-refractivity contribution is 0.160. The molecule has 0 heterocycles. The van der Waals surface area contributed by atoms with Crippen molar-refractivity contribution in [2.45, 2.75) is 32.3 Å². The van der Waals surface area contributed by atoms with E-state index < -0.39 is 0 Å². The average Bonchev–Trinajstić information content (AvgIpc) is 2.28. The molecule has 84 valence electrons. The molecule has 1 atom stereocenters. The van der Waals surface area contributed by atoms with Crippen molar-refractivity contribution in [1.82, 2.24) is 5.32 Å². The minimum absolute atomic E-state index is 0.200. The van der Waals surface area contributed by atoms with Gasteiger partial charge < -0.3 is 10.4 Å². The van der Waals surface area contributed by atoms with E-state index in [2.05, 4.69) is 36.5 Å². The minimum Gasteiger partial charge on any atom is -0.392 e. The first-order valence-electron chi connectivity index (χ1n) is 5.75. The van der Waals surface area contributed by atoms with Crippen LogP contribution in [0.15, 0.2) is 30.3 Å². The number of aliphatic hydroxyl groups is 1. The van der Waals surface area contributed by atoms with Gasteiger partial charge in [-0.25, -0.2) is 0 Å². The Bertz CT molecular complexity index is 248. The van der Waals surface area contributed by atoms with Crippen LogP contribution in [0.3, 0.4) is 0 Å². The van der Waals surface area contributed by atoms with E-state index in [0.717, 1.165) is 25.8 Å². The van der Waals surface area contributed by atoms with Crippen LogP contribution in [0, 0.1) is 0 Å². The number of hydrogen-bond donors (Lipinski definition) is 2. The third kappa shape index (κ3) is 5.55. The van der Waals surface area contributed by atoms with Gasteiger partial charge in [0.1, 0.15) is 0 Å². The molecule has 0 aliphatic heterocycles. The summed E-state index contributed by atoms with van der Waals surface area (Å²) >= 11 is 0. The summed E-state index contributed by atoms with van der Waals surface area (Å²) in [5.74, 6) is 0. The lowest BCUT2D eigenvalue weighted by Gasteiger charge is -2.10. The van der Waals surface area contributed by atoms with E-state index >= 15 is 0 Å². The molecule has 1 rings (SSSR count). The fraction of sp³-hybridized carbons (Fsp3) is 0.538. The number of rotatable bonds is 7. The standard InChI is InChI=1S/C13H21NO/c1-2-14-11-13(15)10-6-9-12-7-4-3-5-8-12/h3-5,7-8,13-15H,2,6,9-11H2,1H3. The predicted molar refractivity (Wildman–Crippen MR) is 63.9 cm³/mol. The van der Waals surface area contributed by atoms with Gasteiger partial charge in [0, 0.05) is 6.54 Å². The van der Waals surface area contributed by atoms with E-state index in [1.165, 1.54) is 5.56 Å². The molecule has 15 heavy (non-hydrogen) atoms. The minimum atomic E-state index is -0.200. The van der Waals surface area contributed by atoms with Gasteiger partial charge in [-0.05, 0) is 31.4 Å². The Morgan fingerprint density at radius 2 is 2.00 bits per heavy atom. The van der Waals surface area contributed by atoms with Crippen LogP contribution in [0.4, 0.5) is 0 Å². The van der Waals surface area contributed by atoms with Gasteiger partial charge in [0.05, 0.1) is 6.10 Å². The molecule has 2 nitrogen and oxygen atoms in total. The van der Waals surface area contributed by atoms with E-state index in [0.29, 0.717) is 6.54 Å². The van der Waals surface area contributed by atoms with Gasteiger partial charge >= 0.3 is 0 Å². The normalized spacial score (nSPS) is 12.7. The van der Waals surface area contributed by atoms with Crippen LogP contribution in [0.2, 0.25) is 0 Å². The molecule has 0 amide bonds.